The van der Waals surface area contributed by atoms with Crippen molar-refractivity contribution in [3.63, 3.8) is 0 Å². The summed E-state index contributed by atoms with van der Waals surface area (Å²) in [5.74, 6) is -1.27. The molecule has 3 rings (SSSR count). The van der Waals surface area contributed by atoms with Gasteiger partial charge in [0, 0.05) is 13.2 Å². The van der Waals surface area contributed by atoms with Crippen LogP contribution in [-0.2, 0) is 14.3 Å². The highest BCUT2D eigenvalue weighted by atomic mass is 16.5. The third-order valence-corrected chi connectivity index (χ3v) is 4.26. The highest BCUT2D eigenvalue weighted by Gasteiger charge is 2.23. The second kappa shape index (κ2) is 8.44. The van der Waals surface area contributed by atoms with Gasteiger partial charge in [-0.1, -0.05) is 60.7 Å². The molecule has 0 aromatic heterocycles. The molecule has 5 nitrogen and oxygen atoms in total. The van der Waals surface area contributed by atoms with Gasteiger partial charge in [0.1, 0.15) is 0 Å². The molecule has 1 aliphatic heterocycles. The van der Waals surface area contributed by atoms with Crippen molar-refractivity contribution in [2.75, 3.05) is 13.2 Å². The Morgan fingerprint density at radius 2 is 1.56 bits per heavy atom. The molecule has 2 N–H and O–H groups in total. The van der Waals surface area contributed by atoms with Crippen molar-refractivity contribution >= 4 is 11.8 Å². The molecule has 0 radical (unpaired) electrons. The zero-order valence-corrected chi connectivity index (χ0v) is 14.0. The minimum atomic E-state index is -0.643. The Morgan fingerprint density at radius 3 is 2.08 bits per heavy atom. The maximum atomic E-state index is 12.3. The summed E-state index contributed by atoms with van der Waals surface area (Å²) in [7, 11) is 0. The molecule has 1 fully saturated rings. The van der Waals surface area contributed by atoms with Gasteiger partial charge in [-0.05, 0) is 24.0 Å². The zero-order chi connectivity index (χ0) is 17.5. The molecule has 0 saturated carbocycles. The van der Waals surface area contributed by atoms with Gasteiger partial charge in [0.2, 0.25) is 0 Å². The maximum absolute atomic E-state index is 12.3. The SMILES string of the molecule is O=C(NCC1CCCO1)C(=O)NC(c1ccccc1)c1ccccc1. The number of hydrogen-bond donors (Lipinski definition) is 2. The van der Waals surface area contributed by atoms with E-state index in [1.165, 1.54) is 0 Å². The van der Waals surface area contributed by atoms with Crippen LogP contribution in [0.5, 0.6) is 0 Å². The predicted octanol–water partition coefficient (Wildman–Crippen LogP) is 2.19. The second-order valence-corrected chi connectivity index (χ2v) is 6.07. The third kappa shape index (κ3) is 4.67. The summed E-state index contributed by atoms with van der Waals surface area (Å²) in [6.45, 7) is 1.09. The standard InChI is InChI=1S/C20H22N2O3/c23-19(21-14-17-12-7-13-25-17)20(24)22-18(15-8-3-1-4-9-15)16-10-5-2-6-11-16/h1-6,8-11,17-18H,7,12-14H2,(H,21,23)(H,22,24). The van der Waals surface area contributed by atoms with E-state index in [0.29, 0.717) is 6.54 Å². The van der Waals surface area contributed by atoms with Crippen LogP contribution in [0.3, 0.4) is 0 Å². The molecule has 2 amide bonds. The highest BCUT2D eigenvalue weighted by Crippen LogP contribution is 2.21. The first-order valence-corrected chi connectivity index (χ1v) is 8.54. The molecule has 1 heterocycles. The van der Waals surface area contributed by atoms with Gasteiger partial charge < -0.3 is 15.4 Å². The van der Waals surface area contributed by atoms with Crippen molar-refractivity contribution in [3.05, 3.63) is 71.8 Å². The zero-order valence-electron chi connectivity index (χ0n) is 14.0. The fourth-order valence-electron chi connectivity index (χ4n) is 2.94. The molecule has 2 aromatic carbocycles. The molecular formula is C20H22N2O3. The molecule has 130 valence electrons. The average molecular weight is 338 g/mol. The van der Waals surface area contributed by atoms with E-state index in [1.807, 2.05) is 60.7 Å². The van der Waals surface area contributed by atoms with Gasteiger partial charge in [-0.15, -0.1) is 0 Å². The largest absolute Gasteiger partial charge is 0.376 e. The quantitative estimate of drug-likeness (QED) is 0.821. The lowest BCUT2D eigenvalue weighted by molar-refractivity contribution is -0.139. The van der Waals surface area contributed by atoms with Crippen LogP contribution in [-0.4, -0.2) is 31.1 Å². The first-order valence-electron chi connectivity index (χ1n) is 8.54. The number of rotatable bonds is 5. The van der Waals surface area contributed by atoms with Gasteiger partial charge in [0.25, 0.3) is 0 Å². The van der Waals surface area contributed by atoms with E-state index in [9.17, 15) is 9.59 Å². The molecule has 2 aromatic rings. The van der Waals surface area contributed by atoms with Crippen molar-refractivity contribution in [1.29, 1.82) is 0 Å². The lowest BCUT2D eigenvalue weighted by atomic mass is 9.99. The third-order valence-electron chi connectivity index (χ3n) is 4.26. The molecule has 0 aliphatic carbocycles. The summed E-state index contributed by atoms with van der Waals surface area (Å²) in [4.78, 5) is 24.5. The molecule has 0 bridgehead atoms. The lowest BCUT2D eigenvalue weighted by Crippen LogP contribution is -2.44. The molecule has 25 heavy (non-hydrogen) atoms. The smallest absolute Gasteiger partial charge is 0.310 e. The average Bonchev–Trinajstić information content (AvgIpc) is 3.19. The Hall–Kier alpha value is -2.66. The first-order chi connectivity index (χ1) is 12.2. The van der Waals surface area contributed by atoms with Crippen LogP contribution in [0.25, 0.3) is 0 Å². The summed E-state index contributed by atoms with van der Waals surface area (Å²) in [6, 6.07) is 18.8. The van der Waals surface area contributed by atoms with Crippen LogP contribution in [0.4, 0.5) is 0 Å². The Balaban J connectivity index is 1.67. The first kappa shape index (κ1) is 17.2. The Morgan fingerprint density at radius 1 is 0.960 bits per heavy atom. The number of carbonyl (C=O) groups is 2. The fourth-order valence-corrected chi connectivity index (χ4v) is 2.94. The Labute approximate surface area is 147 Å². The molecule has 1 atom stereocenters. The summed E-state index contributed by atoms with van der Waals surface area (Å²) in [5.41, 5.74) is 1.85. The summed E-state index contributed by atoms with van der Waals surface area (Å²) in [6.07, 6.45) is 1.92. The van der Waals surface area contributed by atoms with Crippen molar-refractivity contribution in [3.8, 4) is 0 Å². The van der Waals surface area contributed by atoms with Crippen molar-refractivity contribution in [2.24, 2.45) is 0 Å². The number of amides is 2. The van der Waals surface area contributed by atoms with E-state index < -0.39 is 11.8 Å². The van der Waals surface area contributed by atoms with E-state index >= 15 is 0 Å². The van der Waals surface area contributed by atoms with E-state index in [4.69, 9.17) is 4.74 Å². The minimum absolute atomic E-state index is 0.00999. The maximum Gasteiger partial charge on any atom is 0.310 e. The Bertz CT molecular complexity index is 658. The van der Waals surface area contributed by atoms with E-state index in [0.717, 1.165) is 30.6 Å². The van der Waals surface area contributed by atoms with E-state index in [2.05, 4.69) is 10.6 Å². The number of nitrogens with one attached hydrogen (secondary N) is 2. The van der Waals surface area contributed by atoms with Crippen LogP contribution in [0, 0.1) is 0 Å². The van der Waals surface area contributed by atoms with Crippen molar-refractivity contribution in [1.82, 2.24) is 10.6 Å². The minimum Gasteiger partial charge on any atom is -0.376 e. The van der Waals surface area contributed by atoms with Gasteiger partial charge in [-0.3, -0.25) is 9.59 Å². The van der Waals surface area contributed by atoms with Crippen molar-refractivity contribution < 1.29 is 14.3 Å². The summed E-state index contributed by atoms with van der Waals surface area (Å²) >= 11 is 0. The van der Waals surface area contributed by atoms with Crippen LogP contribution in [0.1, 0.15) is 30.0 Å². The van der Waals surface area contributed by atoms with Crippen LogP contribution >= 0.6 is 0 Å². The van der Waals surface area contributed by atoms with Crippen LogP contribution in [0.2, 0.25) is 0 Å². The molecule has 0 spiro atoms. The summed E-state index contributed by atoms with van der Waals surface area (Å²) in [5, 5.41) is 5.49. The van der Waals surface area contributed by atoms with Gasteiger partial charge in [0.15, 0.2) is 0 Å². The highest BCUT2D eigenvalue weighted by molar-refractivity contribution is 6.35. The number of benzene rings is 2. The van der Waals surface area contributed by atoms with Crippen LogP contribution < -0.4 is 10.6 Å². The predicted molar refractivity (Wildman–Crippen MR) is 94.9 cm³/mol. The molecule has 5 heteroatoms. The topological polar surface area (TPSA) is 67.4 Å². The normalized spacial score (nSPS) is 16.6. The number of hydrogen-bond acceptors (Lipinski definition) is 3. The molecular weight excluding hydrogens is 316 g/mol. The van der Waals surface area contributed by atoms with Gasteiger partial charge in [-0.25, -0.2) is 0 Å². The van der Waals surface area contributed by atoms with Gasteiger partial charge >= 0.3 is 11.8 Å². The fraction of sp³-hybridized carbons (Fsp3) is 0.300. The molecule has 1 aliphatic rings. The monoisotopic (exact) mass is 338 g/mol. The number of ether oxygens (including phenoxy) is 1. The van der Waals surface area contributed by atoms with E-state index in [1.54, 1.807) is 0 Å². The Kier molecular flexibility index (Phi) is 5.80. The van der Waals surface area contributed by atoms with Gasteiger partial charge in [0.05, 0.1) is 12.1 Å². The van der Waals surface area contributed by atoms with Crippen molar-refractivity contribution in [2.45, 2.75) is 25.0 Å². The molecule has 1 saturated heterocycles. The van der Waals surface area contributed by atoms with Crippen LogP contribution in [0.15, 0.2) is 60.7 Å². The van der Waals surface area contributed by atoms with E-state index in [-0.39, 0.29) is 12.1 Å². The lowest BCUT2D eigenvalue weighted by Gasteiger charge is -2.20. The molecule has 1 unspecified atom stereocenters. The number of carbonyl (C=O) groups excluding carboxylic acids is 2. The summed E-state index contributed by atoms with van der Waals surface area (Å²) < 4.78 is 5.46. The second-order valence-electron chi connectivity index (χ2n) is 6.07. The van der Waals surface area contributed by atoms with Gasteiger partial charge in [-0.2, -0.15) is 0 Å².